The van der Waals surface area contributed by atoms with Gasteiger partial charge in [0, 0.05) is 43.3 Å². The number of hydrazine groups is 1. The van der Waals surface area contributed by atoms with Crippen molar-refractivity contribution in [1.82, 2.24) is 31.0 Å². The highest BCUT2D eigenvalue weighted by atomic mass is 16.2. The number of nitrogens with zero attached hydrogens (tertiary/aromatic N) is 4. The van der Waals surface area contributed by atoms with E-state index in [1.165, 1.54) is 12.4 Å². The van der Waals surface area contributed by atoms with Crippen molar-refractivity contribution in [1.29, 1.82) is 5.26 Å². The molecule has 3 fully saturated rings. The van der Waals surface area contributed by atoms with Crippen LogP contribution in [0.25, 0.3) is 0 Å². The summed E-state index contributed by atoms with van der Waals surface area (Å²) in [6, 6.07) is 12.1. The number of hydrogen-bond acceptors (Lipinski definition) is 8. The Labute approximate surface area is 204 Å². The summed E-state index contributed by atoms with van der Waals surface area (Å²) < 4.78 is 0. The lowest BCUT2D eigenvalue weighted by molar-refractivity contribution is -0.128. The quantitative estimate of drug-likeness (QED) is 0.495. The Morgan fingerprint density at radius 3 is 2.80 bits per heavy atom. The smallest absolute Gasteiger partial charge is 0.289 e. The molecule has 0 radical (unpaired) electrons. The van der Waals surface area contributed by atoms with Gasteiger partial charge in [-0.25, -0.2) is 20.4 Å². The van der Waals surface area contributed by atoms with Gasteiger partial charge in [-0.2, -0.15) is 5.26 Å². The third-order valence-electron chi connectivity index (χ3n) is 7.18. The Kier molecular flexibility index (Phi) is 6.88. The van der Waals surface area contributed by atoms with Crippen LogP contribution in [0.5, 0.6) is 0 Å². The molecule has 0 spiro atoms. The number of benzene rings is 1. The Balaban J connectivity index is 1.28. The van der Waals surface area contributed by atoms with Crippen LogP contribution in [0.2, 0.25) is 0 Å². The zero-order valence-electron chi connectivity index (χ0n) is 19.5. The number of carbonyl (C=O) groups is 2. The van der Waals surface area contributed by atoms with Crippen LogP contribution in [0.3, 0.4) is 0 Å². The number of amides is 2. The minimum Gasteiger partial charge on any atom is -0.368 e. The number of nitriles is 1. The fraction of sp³-hybridized carbons (Fsp3) is 0.480. The molecule has 2 aromatic rings. The molecule has 1 aromatic carbocycles. The average Bonchev–Trinajstić information content (AvgIpc) is 3.27. The molecule has 1 aliphatic carbocycles. The maximum absolute atomic E-state index is 12.9. The molecule has 5 atom stereocenters. The molecular formula is C25H30N8O2. The fourth-order valence-corrected chi connectivity index (χ4v) is 5.52. The Bertz CT molecular complexity index is 1100. The first kappa shape index (κ1) is 23.2. The molecule has 2 aliphatic heterocycles. The molecule has 5 rings (SSSR count). The number of nitrogens with one attached hydrogen (secondary N) is 4. The van der Waals surface area contributed by atoms with E-state index >= 15 is 0 Å². The number of anilines is 1. The van der Waals surface area contributed by atoms with Crippen LogP contribution in [0.15, 0.2) is 42.7 Å². The van der Waals surface area contributed by atoms with E-state index in [-0.39, 0.29) is 47.7 Å². The third-order valence-corrected chi connectivity index (χ3v) is 7.18. The number of fused-ring (bicyclic) bond motifs is 1. The standard InChI is InChI=1S/C25H30N8O2/c26-14-17-6-1-2-8-19(17)33-20-9-12-29-24(34)21(20)22(32-33)31-18-7-3-5-16(13-18)15-30-25(35)23-27-10-4-11-28-23/h3-5,7,10-11,13,17,19-22,31-32H,1-2,6,8-9,12,15H2,(H,29,34)(H,30,35)/t17-,19+,20?,21?,22?/m0/s1. The van der Waals surface area contributed by atoms with E-state index in [0.717, 1.165) is 43.4 Å². The molecule has 10 nitrogen and oxygen atoms in total. The molecule has 3 aliphatic rings. The van der Waals surface area contributed by atoms with Crippen LogP contribution in [0.4, 0.5) is 5.69 Å². The number of piperidine rings is 1. The van der Waals surface area contributed by atoms with Crippen LogP contribution in [-0.4, -0.2) is 51.6 Å². The highest BCUT2D eigenvalue weighted by molar-refractivity contribution is 5.90. The molecule has 35 heavy (non-hydrogen) atoms. The Morgan fingerprint density at radius 1 is 1.14 bits per heavy atom. The molecular weight excluding hydrogens is 444 g/mol. The van der Waals surface area contributed by atoms with Crippen LogP contribution < -0.4 is 21.4 Å². The van der Waals surface area contributed by atoms with Gasteiger partial charge >= 0.3 is 0 Å². The van der Waals surface area contributed by atoms with Gasteiger partial charge in [-0.15, -0.1) is 0 Å². The van der Waals surface area contributed by atoms with Crippen LogP contribution in [-0.2, 0) is 11.3 Å². The van der Waals surface area contributed by atoms with Gasteiger partial charge in [-0.3, -0.25) is 9.59 Å². The maximum atomic E-state index is 12.9. The number of carbonyl (C=O) groups excluding carboxylic acids is 2. The summed E-state index contributed by atoms with van der Waals surface area (Å²) in [5.41, 5.74) is 5.33. The van der Waals surface area contributed by atoms with E-state index in [1.807, 2.05) is 24.3 Å². The van der Waals surface area contributed by atoms with E-state index < -0.39 is 0 Å². The largest absolute Gasteiger partial charge is 0.368 e. The summed E-state index contributed by atoms with van der Waals surface area (Å²) in [6.45, 7) is 0.977. The molecule has 10 heteroatoms. The Hall–Kier alpha value is -3.55. The second kappa shape index (κ2) is 10.4. The predicted molar refractivity (Wildman–Crippen MR) is 128 cm³/mol. The van der Waals surface area contributed by atoms with Gasteiger partial charge in [0.2, 0.25) is 11.7 Å². The first-order chi connectivity index (χ1) is 17.1. The van der Waals surface area contributed by atoms with Gasteiger partial charge < -0.3 is 16.0 Å². The molecule has 2 amide bonds. The van der Waals surface area contributed by atoms with Crippen LogP contribution in [0, 0.1) is 23.2 Å². The van der Waals surface area contributed by atoms with E-state index in [0.29, 0.717) is 13.1 Å². The normalized spacial score (nSPS) is 28.4. The summed E-state index contributed by atoms with van der Waals surface area (Å²) >= 11 is 0. The van der Waals surface area contributed by atoms with E-state index in [9.17, 15) is 14.9 Å². The fourth-order valence-electron chi connectivity index (χ4n) is 5.52. The maximum Gasteiger partial charge on any atom is 0.289 e. The monoisotopic (exact) mass is 474 g/mol. The molecule has 4 N–H and O–H groups in total. The van der Waals surface area contributed by atoms with Crippen molar-refractivity contribution >= 4 is 17.5 Å². The molecule has 182 valence electrons. The zero-order chi connectivity index (χ0) is 24.2. The average molecular weight is 475 g/mol. The van der Waals surface area contributed by atoms with Crippen molar-refractivity contribution in [2.24, 2.45) is 11.8 Å². The summed E-state index contributed by atoms with van der Waals surface area (Å²) in [4.78, 5) is 33.1. The minimum atomic E-state index is -0.335. The lowest BCUT2D eigenvalue weighted by Gasteiger charge is -2.39. The van der Waals surface area contributed by atoms with Crippen molar-refractivity contribution in [3.63, 3.8) is 0 Å². The second-order valence-corrected chi connectivity index (χ2v) is 9.37. The summed E-state index contributed by atoms with van der Waals surface area (Å²) in [5, 5.41) is 21.3. The van der Waals surface area contributed by atoms with Gasteiger partial charge in [0.05, 0.1) is 17.9 Å². The van der Waals surface area contributed by atoms with Gasteiger partial charge in [0.1, 0.15) is 6.17 Å². The molecule has 3 unspecified atom stereocenters. The Morgan fingerprint density at radius 2 is 1.97 bits per heavy atom. The number of aromatic nitrogens is 2. The van der Waals surface area contributed by atoms with E-state index in [2.05, 4.69) is 42.4 Å². The van der Waals surface area contributed by atoms with E-state index in [4.69, 9.17) is 0 Å². The van der Waals surface area contributed by atoms with Crippen molar-refractivity contribution in [2.45, 2.75) is 56.9 Å². The SMILES string of the molecule is N#C[C@@H]1CCCC[C@H]1N1NC(Nc2cccc(CNC(=O)c3ncccn3)c2)C2C(=O)NCCC21. The summed E-state index contributed by atoms with van der Waals surface area (Å²) in [5.74, 6) is -0.461. The first-order valence-corrected chi connectivity index (χ1v) is 12.3. The van der Waals surface area contributed by atoms with Gasteiger partial charge in [0.25, 0.3) is 5.91 Å². The first-order valence-electron chi connectivity index (χ1n) is 12.3. The highest BCUT2D eigenvalue weighted by Gasteiger charge is 2.51. The van der Waals surface area contributed by atoms with Crippen molar-refractivity contribution in [2.75, 3.05) is 11.9 Å². The highest BCUT2D eigenvalue weighted by Crippen LogP contribution is 2.36. The van der Waals surface area contributed by atoms with E-state index in [1.54, 1.807) is 6.07 Å². The topological polar surface area (TPSA) is 135 Å². The van der Waals surface area contributed by atoms with Crippen molar-refractivity contribution in [3.05, 3.63) is 54.1 Å². The molecule has 0 bridgehead atoms. The lowest BCUT2D eigenvalue weighted by atomic mass is 9.83. The van der Waals surface area contributed by atoms with Gasteiger partial charge in [-0.1, -0.05) is 25.0 Å². The summed E-state index contributed by atoms with van der Waals surface area (Å²) in [7, 11) is 0. The van der Waals surface area contributed by atoms with Gasteiger partial charge in [-0.05, 0) is 43.0 Å². The predicted octanol–water partition coefficient (Wildman–Crippen LogP) is 1.55. The summed E-state index contributed by atoms with van der Waals surface area (Å²) in [6.07, 6.45) is 7.68. The number of hydrogen-bond donors (Lipinski definition) is 4. The zero-order valence-corrected chi connectivity index (χ0v) is 19.5. The molecule has 2 saturated heterocycles. The van der Waals surface area contributed by atoms with Crippen molar-refractivity contribution < 1.29 is 9.59 Å². The van der Waals surface area contributed by atoms with Crippen LogP contribution in [0.1, 0.15) is 48.3 Å². The third kappa shape index (κ3) is 4.97. The van der Waals surface area contributed by atoms with Crippen molar-refractivity contribution in [3.8, 4) is 6.07 Å². The minimum absolute atomic E-state index is 0.0267. The molecule has 1 aromatic heterocycles. The van der Waals surface area contributed by atoms with Crippen LogP contribution >= 0.6 is 0 Å². The van der Waals surface area contributed by atoms with Gasteiger partial charge in [0.15, 0.2) is 0 Å². The second-order valence-electron chi connectivity index (χ2n) is 9.37. The molecule has 3 heterocycles. The lowest BCUT2D eigenvalue weighted by Crippen LogP contribution is -2.54. The molecule has 1 saturated carbocycles. The number of rotatable bonds is 6.